The molecule has 2 aromatic rings. The Morgan fingerprint density at radius 3 is 2.10 bits per heavy atom. The van der Waals surface area contributed by atoms with Gasteiger partial charge in [-0.3, -0.25) is 0 Å². The number of carbonyl (C=O) groups excluding carboxylic acids is 1. The SMILES string of the molecule is C=C(C)C(=O)OC(C)(C)C(C)(C)Oc1ccc(/C(C#N)=C/c2ccccc2)cc1. The summed E-state index contributed by atoms with van der Waals surface area (Å²) in [6, 6.07) is 19.3. The summed E-state index contributed by atoms with van der Waals surface area (Å²) in [5, 5.41) is 9.53. The maximum Gasteiger partial charge on any atom is 0.333 e. The summed E-state index contributed by atoms with van der Waals surface area (Å²) in [5.74, 6) is 0.168. The van der Waals surface area contributed by atoms with Crippen LogP contribution in [-0.2, 0) is 9.53 Å². The highest BCUT2D eigenvalue weighted by Crippen LogP contribution is 2.32. The Bertz CT molecular complexity index is 946. The Morgan fingerprint density at radius 2 is 1.59 bits per heavy atom. The lowest BCUT2D eigenvalue weighted by Gasteiger charge is -2.40. The second kappa shape index (κ2) is 8.79. The minimum Gasteiger partial charge on any atom is -0.484 e. The van der Waals surface area contributed by atoms with Gasteiger partial charge < -0.3 is 9.47 Å². The molecule has 0 unspecified atom stereocenters. The molecular weight excluding hydrogens is 362 g/mol. The van der Waals surface area contributed by atoms with Gasteiger partial charge in [-0.05, 0) is 76.1 Å². The molecular formula is C25H27NO3. The topological polar surface area (TPSA) is 59.3 Å². The van der Waals surface area contributed by atoms with Gasteiger partial charge >= 0.3 is 5.97 Å². The number of allylic oxidation sites excluding steroid dienone is 1. The summed E-state index contributed by atoms with van der Waals surface area (Å²) < 4.78 is 11.7. The number of esters is 1. The van der Waals surface area contributed by atoms with E-state index in [9.17, 15) is 10.1 Å². The molecule has 2 aromatic carbocycles. The zero-order valence-electron chi connectivity index (χ0n) is 17.7. The maximum atomic E-state index is 11.9. The lowest BCUT2D eigenvalue weighted by atomic mass is 9.88. The molecule has 0 radical (unpaired) electrons. The molecule has 0 spiro atoms. The van der Waals surface area contributed by atoms with Crippen molar-refractivity contribution < 1.29 is 14.3 Å². The van der Waals surface area contributed by atoms with Gasteiger partial charge in [-0.25, -0.2) is 4.79 Å². The highest BCUT2D eigenvalue weighted by Gasteiger charge is 2.43. The molecule has 0 fully saturated rings. The molecule has 4 nitrogen and oxygen atoms in total. The summed E-state index contributed by atoms with van der Waals surface area (Å²) in [6.07, 6.45) is 1.85. The van der Waals surface area contributed by atoms with Gasteiger partial charge in [-0.1, -0.05) is 36.9 Å². The molecule has 0 amide bonds. The van der Waals surface area contributed by atoms with Crippen LogP contribution in [0.2, 0.25) is 0 Å². The number of ether oxygens (including phenoxy) is 2. The average Bonchev–Trinajstić information content (AvgIpc) is 2.67. The van der Waals surface area contributed by atoms with Crippen molar-refractivity contribution in [3.05, 3.63) is 77.9 Å². The predicted molar refractivity (Wildman–Crippen MR) is 116 cm³/mol. The lowest BCUT2D eigenvalue weighted by molar-refractivity contribution is -0.171. The molecule has 0 atom stereocenters. The summed E-state index contributed by atoms with van der Waals surface area (Å²) in [4.78, 5) is 11.9. The van der Waals surface area contributed by atoms with Crippen LogP contribution >= 0.6 is 0 Å². The van der Waals surface area contributed by atoms with Crippen molar-refractivity contribution in [3.8, 4) is 11.8 Å². The molecule has 0 saturated heterocycles. The third-order valence-corrected chi connectivity index (χ3v) is 4.92. The normalized spacial score (nSPS) is 12.1. The van der Waals surface area contributed by atoms with Gasteiger partial charge in [0.25, 0.3) is 0 Å². The molecule has 0 aliphatic heterocycles. The summed E-state index contributed by atoms with van der Waals surface area (Å²) in [7, 11) is 0. The first-order valence-electron chi connectivity index (χ1n) is 9.41. The summed E-state index contributed by atoms with van der Waals surface area (Å²) in [6.45, 7) is 12.6. The van der Waals surface area contributed by atoms with Crippen molar-refractivity contribution in [3.63, 3.8) is 0 Å². The Labute approximate surface area is 173 Å². The number of hydrogen-bond acceptors (Lipinski definition) is 4. The predicted octanol–water partition coefficient (Wildman–Crippen LogP) is 5.81. The van der Waals surface area contributed by atoms with E-state index in [1.165, 1.54) is 0 Å². The lowest BCUT2D eigenvalue weighted by Crippen LogP contribution is -2.52. The van der Waals surface area contributed by atoms with Crippen molar-refractivity contribution in [2.24, 2.45) is 0 Å². The van der Waals surface area contributed by atoms with Gasteiger partial charge in [0.05, 0.1) is 11.6 Å². The van der Waals surface area contributed by atoms with Gasteiger partial charge in [0.15, 0.2) is 0 Å². The molecule has 0 aliphatic rings. The molecule has 0 heterocycles. The number of carbonyl (C=O) groups is 1. The van der Waals surface area contributed by atoms with Crippen molar-refractivity contribution in [2.45, 2.75) is 45.8 Å². The van der Waals surface area contributed by atoms with Crippen molar-refractivity contribution in [1.82, 2.24) is 0 Å². The van der Waals surface area contributed by atoms with Gasteiger partial charge in [0.2, 0.25) is 0 Å². The number of nitrogens with zero attached hydrogens (tertiary/aromatic N) is 1. The first-order chi connectivity index (χ1) is 13.6. The Kier molecular flexibility index (Phi) is 6.66. The van der Waals surface area contributed by atoms with Gasteiger partial charge in [0, 0.05) is 5.57 Å². The highest BCUT2D eigenvalue weighted by atomic mass is 16.6. The quantitative estimate of drug-likeness (QED) is 0.260. The van der Waals surface area contributed by atoms with Crippen LogP contribution in [0, 0.1) is 11.3 Å². The molecule has 0 saturated carbocycles. The van der Waals surface area contributed by atoms with Crippen LogP contribution in [0.5, 0.6) is 5.75 Å². The van der Waals surface area contributed by atoms with Crippen molar-refractivity contribution >= 4 is 17.6 Å². The second-order valence-corrected chi connectivity index (χ2v) is 7.90. The first kappa shape index (κ1) is 22.0. The van der Waals surface area contributed by atoms with E-state index >= 15 is 0 Å². The van der Waals surface area contributed by atoms with Crippen LogP contribution in [0.3, 0.4) is 0 Å². The second-order valence-electron chi connectivity index (χ2n) is 7.90. The minimum absolute atomic E-state index is 0.340. The molecule has 0 aliphatic carbocycles. The first-order valence-corrected chi connectivity index (χ1v) is 9.41. The Hall–Kier alpha value is -3.32. The van der Waals surface area contributed by atoms with Gasteiger partial charge in [-0.15, -0.1) is 0 Å². The number of nitriles is 1. The summed E-state index contributed by atoms with van der Waals surface area (Å²) >= 11 is 0. The van der Waals surface area contributed by atoms with E-state index in [0.29, 0.717) is 16.9 Å². The van der Waals surface area contributed by atoms with Crippen molar-refractivity contribution in [2.75, 3.05) is 0 Å². The van der Waals surface area contributed by atoms with E-state index in [2.05, 4.69) is 12.6 Å². The van der Waals surface area contributed by atoms with Crippen LogP contribution in [0.15, 0.2) is 66.7 Å². The fourth-order valence-corrected chi connectivity index (χ4v) is 2.46. The van der Waals surface area contributed by atoms with Gasteiger partial charge in [-0.2, -0.15) is 5.26 Å². The number of rotatable bonds is 7. The van der Waals surface area contributed by atoms with E-state index in [-0.39, 0.29) is 0 Å². The van der Waals surface area contributed by atoms with Crippen LogP contribution in [0.4, 0.5) is 0 Å². The monoisotopic (exact) mass is 389 g/mol. The third kappa shape index (κ3) is 5.58. The van der Waals surface area contributed by atoms with Crippen LogP contribution < -0.4 is 4.74 Å². The minimum atomic E-state index is -0.882. The zero-order chi connectivity index (χ0) is 21.7. The Morgan fingerprint density at radius 1 is 1.00 bits per heavy atom. The average molecular weight is 389 g/mol. The molecule has 29 heavy (non-hydrogen) atoms. The molecule has 4 heteroatoms. The fraction of sp³-hybridized carbons (Fsp3) is 0.280. The largest absolute Gasteiger partial charge is 0.484 e. The fourth-order valence-electron chi connectivity index (χ4n) is 2.46. The van der Waals surface area contributed by atoms with E-state index in [1.54, 1.807) is 20.8 Å². The van der Waals surface area contributed by atoms with E-state index in [0.717, 1.165) is 11.1 Å². The number of hydrogen-bond donors (Lipinski definition) is 0. The van der Waals surface area contributed by atoms with E-state index in [1.807, 2.05) is 74.5 Å². The number of benzene rings is 2. The highest BCUT2D eigenvalue weighted by molar-refractivity contribution is 5.89. The Balaban J connectivity index is 2.19. The molecule has 150 valence electrons. The molecule has 0 aromatic heterocycles. The smallest absolute Gasteiger partial charge is 0.333 e. The third-order valence-electron chi connectivity index (χ3n) is 4.92. The maximum absolute atomic E-state index is 11.9. The molecule has 2 rings (SSSR count). The summed E-state index contributed by atoms with van der Waals surface area (Å²) in [5.41, 5.74) is 0.996. The van der Waals surface area contributed by atoms with Crippen LogP contribution in [0.1, 0.15) is 45.7 Å². The van der Waals surface area contributed by atoms with Crippen molar-refractivity contribution in [1.29, 1.82) is 5.26 Å². The van der Waals surface area contributed by atoms with E-state index < -0.39 is 17.2 Å². The van der Waals surface area contributed by atoms with Crippen LogP contribution in [0.25, 0.3) is 11.6 Å². The molecule has 0 N–H and O–H groups in total. The molecule has 0 bridgehead atoms. The standard InChI is InChI=1S/C25H27NO3/c1-18(2)23(27)29-25(5,6)24(3,4)28-22-14-12-20(13-15-22)21(17-26)16-19-10-8-7-9-11-19/h7-16H,1H2,2-6H3/b21-16+. The van der Waals surface area contributed by atoms with Gasteiger partial charge in [0.1, 0.15) is 17.0 Å². The van der Waals surface area contributed by atoms with E-state index in [4.69, 9.17) is 9.47 Å². The van der Waals surface area contributed by atoms with Crippen LogP contribution in [-0.4, -0.2) is 17.2 Å². The zero-order valence-corrected chi connectivity index (χ0v) is 17.7.